The molecule has 0 aliphatic carbocycles. The van der Waals surface area contributed by atoms with Crippen molar-refractivity contribution in [1.29, 1.82) is 0 Å². The maximum Gasteiger partial charge on any atom is 0.0801 e. The van der Waals surface area contributed by atoms with Gasteiger partial charge in [0.1, 0.15) is 0 Å². The van der Waals surface area contributed by atoms with Crippen molar-refractivity contribution in [1.82, 2.24) is 10.0 Å². The number of nitrogens with zero attached hydrogens (tertiary/aromatic N) is 2. The van der Waals surface area contributed by atoms with Crippen molar-refractivity contribution in [2.75, 3.05) is 7.05 Å². The molecule has 0 bridgehead atoms. The molecule has 1 unspecified atom stereocenters. The Morgan fingerprint density at radius 1 is 1.29 bits per heavy atom. The third kappa shape index (κ3) is 2.54. The van der Waals surface area contributed by atoms with Gasteiger partial charge in [-0.15, -0.1) is 11.3 Å². The lowest BCUT2D eigenvalue weighted by molar-refractivity contribution is -0.0984. The highest BCUT2D eigenvalue weighted by atomic mass is 32.1. The number of hydrogen-bond donors (Lipinski definition) is 1. The van der Waals surface area contributed by atoms with Gasteiger partial charge in [0, 0.05) is 7.05 Å². The molecule has 0 spiro atoms. The first-order valence-corrected chi connectivity index (χ1v) is 6.39. The van der Waals surface area contributed by atoms with Gasteiger partial charge in [-0.3, -0.25) is 0 Å². The zero-order valence-corrected chi connectivity index (χ0v) is 11.0. The van der Waals surface area contributed by atoms with E-state index in [2.05, 4.69) is 17.1 Å². The molecule has 90 valence electrons. The van der Waals surface area contributed by atoms with Gasteiger partial charge in [0.05, 0.1) is 22.1 Å². The van der Waals surface area contributed by atoms with Crippen LogP contribution < -0.4 is 0 Å². The molecule has 0 radical (unpaired) electrons. The van der Waals surface area contributed by atoms with Gasteiger partial charge < -0.3 is 5.21 Å². The molecule has 1 atom stereocenters. The summed E-state index contributed by atoms with van der Waals surface area (Å²) < 4.78 is 0. The second kappa shape index (κ2) is 4.96. The Kier molecular flexibility index (Phi) is 3.57. The van der Waals surface area contributed by atoms with Crippen LogP contribution in [0.3, 0.4) is 0 Å². The topological polar surface area (TPSA) is 36.4 Å². The second-order valence-electron chi connectivity index (χ2n) is 4.14. The Morgan fingerprint density at radius 2 is 1.94 bits per heavy atom. The molecule has 0 fully saturated rings. The molecule has 0 amide bonds. The molecule has 0 aliphatic heterocycles. The van der Waals surface area contributed by atoms with Crippen LogP contribution >= 0.6 is 11.3 Å². The van der Waals surface area contributed by atoms with Crippen molar-refractivity contribution in [2.24, 2.45) is 0 Å². The molecular formula is C13H16N2OS. The Bertz CT molecular complexity index is 490. The Balaban J connectivity index is 2.28. The lowest BCUT2D eigenvalue weighted by Gasteiger charge is -2.18. The molecule has 0 aliphatic rings. The maximum absolute atomic E-state index is 9.40. The first-order chi connectivity index (χ1) is 8.09. The highest BCUT2D eigenvalue weighted by molar-refractivity contribution is 7.13. The third-order valence-electron chi connectivity index (χ3n) is 2.96. The summed E-state index contributed by atoms with van der Waals surface area (Å²) in [6.07, 6.45) is 0. The van der Waals surface area contributed by atoms with Crippen LogP contribution in [-0.2, 0) is 0 Å². The van der Waals surface area contributed by atoms with Crippen LogP contribution in [-0.4, -0.2) is 22.3 Å². The molecule has 4 heteroatoms. The van der Waals surface area contributed by atoms with Gasteiger partial charge in [0.25, 0.3) is 0 Å². The van der Waals surface area contributed by atoms with Gasteiger partial charge >= 0.3 is 0 Å². The molecule has 2 rings (SSSR count). The Labute approximate surface area is 105 Å². The van der Waals surface area contributed by atoms with Gasteiger partial charge in [-0.2, -0.15) is 5.06 Å². The van der Waals surface area contributed by atoms with Crippen molar-refractivity contribution >= 4 is 11.3 Å². The van der Waals surface area contributed by atoms with Gasteiger partial charge in [-0.05, 0) is 25.0 Å². The molecular weight excluding hydrogens is 232 g/mol. The van der Waals surface area contributed by atoms with E-state index in [1.54, 1.807) is 18.4 Å². The lowest BCUT2D eigenvalue weighted by Crippen LogP contribution is -2.17. The SMILES string of the molecule is Cc1ncsc1-c1ccc(C(C)N(C)O)cc1. The minimum atomic E-state index is 0.00612. The van der Waals surface area contributed by atoms with Gasteiger partial charge in [0.15, 0.2) is 0 Å². The predicted octanol–water partition coefficient (Wildman–Crippen LogP) is 3.50. The first kappa shape index (κ1) is 12.2. The summed E-state index contributed by atoms with van der Waals surface area (Å²) in [6, 6.07) is 8.26. The highest BCUT2D eigenvalue weighted by Gasteiger charge is 2.10. The standard InChI is InChI=1S/C13H16N2OS/c1-9-13(17-8-14-9)12-6-4-11(5-7-12)10(2)15(3)16/h4-8,10,16H,1-3H3. The Hall–Kier alpha value is -1.23. The summed E-state index contributed by atoms with van der Waals surface area (Å²) in [5.74, 6) is 0. The van der Waals surface area contributed by atoms with Crippen LogP contribution in [0.4, 0.5) is 0 Å². The number of hydrogen-bond acceptors (Lipinski definition) is 4. The van der Waals surface area contributed by atoms with E-state index in [9.17, 15) is 5.21 Å². The number of thiazole rings is 1. The summed E-state index contributed by atoms with van der Waals surface area (Å²) in [5, 5.41) is 10.6. The largest absolute Gasteiger partial charge is 0.314 e. The Morgan fingerprint density at radius 3 is 2.41 bits per heavy atom. The summed E-state index contributed by atoms with van der Waals surface area (Å²) in [5.41, 5.74) is 5.21. The van der Waals surface area contributed by atoms with Crippen molar-refractivity contribution < 1.29 is 5.21 Å². The van der Waals surface area contributed by atoms with E-state index in [0.29, 0.717) is 0 Å². The normalized spacial score (nSPS) is 13.0. The zero-order chi connectivity index (χ0) is 12.4. The van der Waals surface area contributed by atoms with Crippen LogP contribution in [0.25, 0.3) is 10.4 Å². The molecule has 1 aromatic carbocycles. The van der Waals surface area contributed by atoms with E-state index in [1.165, 1.54) is 15.5 Å². The van der Waals surface area contributed by atoms with E-state index in [0.717, 1.165) is 11.3 Å². The molecule has 1 aromatic heterocycles. The summed E-state index contributed by atoms with van der Waals surface area (Å²) in [4.78, 5) is 5.46. The molecule has 0 saturated carbocycles. The average Bonchev–Trinajstić information content (AvgIpc) is 2.74. The first-order valence-electron chi connectivity index (χ1n) is 5.51. The van der Waals surface area contributed by atoms with Crippen LogP contribution in [0, 0.1) is 6.92 Å². The molecule has 17 heavy (non-hydrogen) atoms. The minimum absolute atomic E-state index is 0.00612. The fourth-order valence-corrected chi connectivity index (χ4v) is 2.52. The third-order valence-corrected chi connectivity index (χ3v) is 3.94. The lowest BCUT2D eigenvalue weighted by atomic mass is 10.0. The number of hydroxylamine groups is 2. The number of benzene rings is 1. The van der Waals surface area contributed by atoms with E-state index < -0.39 is 0 Å². The van der Waals surface area contributed by atoms with Crippen molar-refractivity contribution in [3.63, 3.8) is 0 Å². The quantitative estimate of drug-likeness (QED) is 0.845. The number of rotatable bonds is 3. The van der Waals surface area contributed by atoms with Crippen molar-refractivity contribution in [2.45, 2.75) is 19.9 Å². The summed E-state index contributed by atoms with van der Waals surface area (Å²) in [7, 11) is 1.66. The van der Waals surface area contributed by atoms with E-state index >= 15 is 0 Å². The van der Waals surface area contributed by atoms with E-state index in [-0.39, 0.29) is 6.04 Å². The zero-order valence-electron chi connectivity index (χ0n) is 10.2. The van der Waals surface area contributed by atoms with Gasteiger partial charge in [-0.25, -0.2) is 4.98 Å². The molecule has 3 nitrogen and oxygen atoms in total. The van der Waals surface area contributed by atoms with Crippen LogP contribution in [0.2, 0.25) is 0 Å². The van der Waals surface area contributed by atoms with E-state index in [4.69, 9.17) is 0 Å². The van der Waals surface area contributed by atoms with Crippen molar-refractivity contribution in [3.8, 4) is 10.4 Å². The fraction of sp³-hybridized carbons (Fsp3) is 0.308. The highest BCUT2D eigenvalue weighted by Crippen LogP contribution is 2.28. The monoisotopic (exact) mass is 248 g/mol. The average molecular weight is 248 g/mol. The summed E-state index contributed by atoms with van der Waals surface area (Å²) in [6.45, 7) is 3.98. The van der Waals surface area contributed by atoms with Gasteiger partial charge in [-0.1, -0.05) is 24.3 Å². The maximum atomic E-state index is 9.40. The van der Waals surface area contributed by atoms with Gasteiger partial charge in [0.2, 0.25) is 0 Å². The van der Waals surface area contributed by atoms with Crippen LogP contribution in [0.5, 0.6) is 0 Å². The predicted molar refractivity (Wildman–Crippen MR) is 70.3 cm³/mol. The minimum Gasteiger partial charge on any atom is -0.314 e. The smallest absolute Gasteiger partial charge is 0.0801 e. The second-order valence-corrected chi connectivity index (χ2v) is 4.99. The molecule has 1 N–H and O–H groups in total. The van der Waals surface area contributed by atoms with E-state index in [1.807, 2.05) is 31.5 Å². The van der Waals surface area contributed by atoms with Crippen LogP contribution in [0.1, 0.15) is 24.2 Å². The number of aryl methyl sites for hydroxylation is 1. The molecule has 1 heterocycles. The van der Waals surface area contributed by atoms with Crippen LogP contribution in [0.15, 0.2) is 29.8 Å². The number of aromatic nitrogens is 1. The fourth-order valence-electron chi connectivity index (χ4n) is 1.71. The summed E-state index contributed by atoms with van der Waals surface area (Å²) >= 11 is 1.65. The van der Waals surface area contributed by atoms with Crippen molar-refractivity contribution in [3.05, 3.63) is 41.0 Å². The molecule has 0 saturated heterocycles. The molecule has 2 aromatic rings.